The second kappa shape index (κ2) is 5.14. The van der Waals surface area contributed by atoms with Crippen LogP contribution in [0.25, 0.3) is 0 Å². The Kier molecular flexibility index (Phi) is 3.58. The molecule has 0 spiro atoms. The van der Waals surface area contributed by atoms with E-state index >= 15 is 0 Å². The second-order valence-electron chi connectivity index (χ2n) is 4.01. The van der Waals surface area contributed by atoms with Gasteiger partial charge in [0.15, 0.2) is 0 Å². The molecule has 0 aromatic heterocycles. The fraction of sp³-hybridized carbons (Fsp3) is 0.417. The molecule has 1 aliphatic heterocycles. The first-order valence-electron chi connectivity index (χ1n) is 5.55. The molecule has 1 atom stereocenters. The Morgan fingerprint density at radius 2 is 2.41 bits per heavy atom. The van der Waals surface area contributed by atoms with Crippen LogP contribution >= 0.6 is 0 Å². The molecule has 1 heterocycles. The fourth-order valence-electron chi connectivity index (χ4n) is 1.80. The van der Waals surface area contributed by atoms with E-state index in [9.17, 15) is 9.18 Å². The molecule has 2 rings (SSSR count). The third-order valence-electron chi connectivity index (χ3n) is 2.71. The zero-order chi connectivity index (χ0) is 12.3. The van der Waals surface area contributed by atoms with Crippen molar-refractivity contribution in [1.82, 2.24) is 5.32 Å². The maximum atomic E-state index is 13.3. The SMILES string of the molecule is O=C(NCC1CCCO1)c1ccc(O)cc1F. The Balaban J connectivity index is 1.94. The molecule has 92 valence electrons. The predicted octanol–water partition coefficient (Wildman–Crippen LogP) is 1.44. The lowest BCUT2D eigenvalue weighted by atomic mass is 10.2. The first-order chi connectivity index (χ1) is 8.16. The minimum atomic E-state index is -0.727. The molecule has 4 nitrogen and oxygen atoms in total. The highest BCUT2D eigenvalue weighted by Crippen LogP contribution is 2.15. The summed E-state index contributed by atoms with van der Waals surface area (Å²) in [5.41, 5.74) is -0.0687. The van der Waals surface area contributed by atoms with Crippen LogP contribution in [0.5, 0.6) is 5.75 Å². The van der Waals surface area contributed by atoms with Crippen molar-refractivity contribution in [3.8, 4) is 5.75 Å². The number of rotatable bonds is 3. The summed E-state index contributed by atoms with van der Waals surface area (Å²) in [5.74, 6) is -1.41. The molecule has 2 N–H and O–H groups in total. The smallest absolute Gasteiger partial charge is 0.254 e. The highest BCUT2D eigenvalue weighted by molar-refractivity contribution is 5.94. The van der Waals surface area contributed by atoms with Gasteiger partial charge in [0.05, 0.1) is 11.7 Å². The predicted molar refractivity (Wildman–Crippen MR) is 59.4 cm³/mol. The Morgan fingerprint density at radius 1 is 1.59 bits per heavy atom. The number of nitrogens with one attached hydrogen (secondary N) is 1. The number of ether oxygens (including phenoxy) is 1. The van der Waals surface area contributed by atoms with Gasteiger partial charge in [-0.3, -0.25) is 4.79 Å². The van der Waals surface area contributed by atoms with Crippen LogP contribution in [-0.2, 0) is 4.74 Å². The van der Waals surface area contributed by atoms with Crippen LogP contribution in [0, 0.1) is 5.82 Å². The molecular weight excluding hydrogens is 225 g/mol. The highest BCUT2D eigenvalue weighted by Gasteiger charge is 2.18. The van der Waals surface area contributed by atoms with Crippen molar-refractivity contribution in [2.24, 2.45) is 0 Å². The number of phenolic OH excluding ortho intramolecular Hbond substituents is 1. The van der Waals surface area contributed by atoms with Crippen molar-refractivity contribution in [2.75, 3.05) is 13.2 Å². The normalized spacial score (nSPS) is 19.2. The van der Waals surface area contributed by atoms with Crippen LogP contribution < -0.4 is 5.32 Å². The topological polar surface area (TPSA) is 58.6 Å². The van der Waals surface area contributed by atoms with Gasteiger partial charge in [0.2, 0.25) is 0 Å². The molecule has 1 aromatic carbocycles. The van der Waals surface area contributed by atoms with Crippen molar-refractivity contribution in [2.45, 2.75) is 18.9 Å². The van der Waals surface area contributed by atoms with Gasteiger partial charge in [-0.2, -0.15) is 0 Å². The molecule has 1 saturated heterocycles. The minimum absolute atomic E-state index is 0.0270. The van der Waals surface area contributed by atoms with Gasteiger partial charge in [0.25, 0.3) is 5.91 Å². The Bertz CT molecular complexity index is 416. The van der Waals surface area contributed by atoms with E-state index in [4.69, 9.17) is 9.84 Å². The summed E-state index contributed by atoms with van der Waals surface area (Å²) in [6, 6.07) is 3.46. The number of hydrogen-bond acceptors (Lipinski definition) is 3. The Labute approximate surface area is 98.4 Å². The number of amides is 1. The van der Waals surface area contributed by atoms with Crippen molar-refractivity contribution in [3.63, 3.8) is 0 Å². The number of carbonyl (C=O) groups excluding carboxylic acids is 1. The van der Waals surface area contributed by atoms with Crippen LogP contribution in [-0.4, -0.2) is 30.3 Å². The number of hydrogen-bond donors (Lipinski definition) is 2. The quantitative estimate of drug-likeness (QED) is 0.839. The molecule has 1 aromatic rings. The molecular formula is C12H14FNO3. The molecule has 0 radical (unpaired) electrons. The van der Waals surface area contributed by atoms with Crippen LogP contribution in [0.15, 0.2) is 18.2 Å². The maximum absolute atomic E-state index is 13.3. The van der Waals surface area contributed by atoms with E-state index in [1.165, 1.54) is 12.1 Å². The van der Waals surface area contributed by atoms with Gasteiger partial charge in [-0.1, -0.05) is 0 Å². The van der Waals surface area contributed by atoms with Gasteiger partial charge in [-0.15, -0.1) is 0 Å². The van der Waals surface area contributed by atoms with Gasteiger partial charge in [0.1, 0.15) is 11.6 Å². The van der Waals surface area contributed by atoms with E-state index in [1.807, 2.05) is 0 Å². The summed E-state index contributed by atoms with van der Waals surface area (Å²) in [6.45, 7) is 1.10. The summed E-state index contributed by atoms with van der Waals surface area (Å²) < 4.78 is 18.7. The molecule has 1 amide bonds. The monoisotopic (exact) mass is 239 g/mol. The summed E-state index contributed by atoms with van der Waals surface area (Å²) in [4.78, 5) is 11.6. The standard InChI is InChI=1S/C12H14FNO3/c13-11-6-8(15)3-4-10(11)12(16)14-7-9-2-1-5-17-9/h3-4,6,9,15H,1-2,5,7H2,(H,14,16). The first-order valence-corrected chi connectivity index (χ1v) is 5.55. The van der Waals surface area contributed by atoms with E-state index in [0.29, 0.717) is 13.2 Å². The molecule has 1 aliphatic rings. The molecule has 0 saturated carbocycles. The van der Waals surface area contributed by atoms with E-state index in [2.05, 4.69) is 5.32 Å². The third kappa shape index (κ3) is 2.94. The minimum Gasteiger partial charge on any atom is -0.508 e. The summed E-state index contributed by atoms with van der Waals surface area (Å²) in [6.07, 6.45) is 1.94. The summed E-state index contributed by atoms with van der Waals surface area (Å²) in [5, 5.41) is 11.6. The van der Waals surface area contributed by atoms with Gasteiger partial charge in [-0.25, -0.2) is 4.39 Å². The van der Waals surface area contributed by atoms with Crippen LogP contribution in [0.1, 0.15) is 23.2 Å². The van der Waals surface area contributed by atoms with Crippen molar-refractivity contribution >= 4 is 5.91 Å². The maximum Gasteiger partial charge on any atom is 0.254 e. The highest BCUT2D eigenvalue weighted by atomic mass is 19.1. The lowest BCUT2D eigenvalue weighted by molar-refractivity contribution is 0.0854. The molecule has 1 unspecified atom stereocenters. The lowest BCUT2D eigenvalue weighted by Gasteiger charge is -2.11. The van der Waals surface area contributed by atoms with Gasteiger partial charge < -0.3 is 15.2 Å². The fourth-order valence-corrected chi connectivity index (χ4v) is 1.80. The number of benzene rings is 1. The van der Waals surface area contributed by atoms with Crippen LogP contribution in [0.2, 0.25) is 0 Å². The third-order valence-corrected chi connectivity index (χ3v) is 2.71. The van der Waals surface area contributed by atoms with E-state index < -0.39 is 11.7 Å². The average Bonchev–Trinajstić information content (AvgIpc) is 2.78. The molecule has 0 aliphatic carbocycles. The van der Waals surface area contributed by atoms with E-state index in [1.54, 1.807) is 0 Å². The van der Waals surface area contributed by atoms with Crippen molar-refractivity contribution < 1.29 is 19.0 Å². The lowest BCUT2D eigenvalue weighted by Crippen LogP contribution is -2.32. The van der Waals surface area contributed by atoms with Gasteiger partial charge >= 0.3 is 0 Å². The number of aromatic hydroxyl groups is 1. The summed E-state index contributed by atoms with van der Waals surface area (Å²) in [7, 11) is 0. The first kappa shape index (κ1) is 11.9. The number of carbonyl (C=O) groups is 1. The molecule has 0 bridgehead atoms. The molecule has 17 heavy (non-hydrogen) atoms. The number of halogens is 1. The van der Waals surface area contributed by atoms with E-state index in [0.717, 1.165) is 18.9 Å². The van der Waals surface area contributed by atoms with Crippen LogP contribution in [0.4, 0.5) is 4.39 Å². The van der Waals surface area contributed by atoms with Crippen molar-refractivity contribution in [1.29, 1.82) is 0 Å². The van der Waals surface area contributed by atoms with Crippen LogP contribution in [0.3, 0.4) is 0 Å². The molecule has 5 heteroatoms. The van der Waals surface area contributed by atoms with Gasteiger partial charge in [0, 0.05) is 19.2 Å². The zero-order valence-electron chi connectivity index (χ0n) is 9.28. The molecule has 1 fully saturated rings. The van der Waals surface area contributed by atoms with Gasteiger partial charge in [-0.05, 0) is 25.0 Å². The Hall–Kier alpha value is -1.62. The van der Waals surface area contributed by atoms with Crippen molar-refractivity contribution in [3.05, 3.63) is 29.6 Å². The second-order valence-corrected chi connectivity index (χ2v) is 4.01. The van der Waals surface area contributed by atoms with E-state index in [-0.39, 0.29) is 17.4 Å². The summed E-state index contributed by atoms with van der Waals surface area (Å²) >= 11 is 0. The number of phenols is 1. The largest absolute Gasteiger partial charge is 0.508 e. The zero-order valence-corrected chi connectivity index (χ0v) is 9.28. The Morgan fingerprint density at radius 3 is 3.06 bits per heavy atom. The average molecular weight is 239 g/mol.